The molecule has 1 aromatic heterocycles. The zero-order valence-corrected chi connectivity index (χ0v) is 8.07. The van der Waals surface area contributed by atoms with Crippen molar-refractivity contribution in [3.8, 4) is 0 Å². The van der Waals surface area contributed by atoms with Gasteiger partial charge >= 0.3 is 0 Å². The number of nitrogens with zero attached hydrogens (tertiary/aromatic N) is 2. The molecule has 0 spiro atoms. The molecule has 0 amide bonds. The summed E-state index contributed by atoms with van der Waals surface area (Å²) in [6.07, 6.45) is 0.744. The van der Waals surface area contributed by atoms with Crippen LogP contribution in [0.5, 0.6) is 0 Å². The number of aliphatic hydroxyl groups is 1. The molecule has 1 N–H and O–H groups in total. The summed E-state index contributed by atoms with van der Waals surface area (Å²) in [6, 6.07) is 0. The topological polar surface area (TPSA) is 68.4 Å². The Kier molecular flexibility index (Phi) is 3.00. The first-order valence-electron chi connectivity index (χ1n) is 4.15. The number of hydrogen-bond acceptors (Lipinski definition) is 5. The van der Waals surface area contributed by atoms with Crippen molar-refractivity contribution in [3.63, 3.8) is 0 Å². The molecule has 1 rings (SSSR count). The molecule has 0 aliphatic heterocycles. The number of methoxy groups -OCH3 is 1. The highest BCUT2D eigenvalue weighted by Gasteiger charge is 2.29. The Hall–Kier alpha value is -0.940. The third-order valence-corrected chi connectivity index (χ3v) is 2.20. The van der Waals surface area contributed by atoms with Crippen molar-refractivity contribution in [1.29, 1.82) is 0 Å². The van der Waals surface area contributed by atoms with E-state index in [1.54, 1.807) is 7.11 Å². The quantitative estimate of drug-likeness (QED) is 0.754. The number of aromatic nitrogens is 2. The number of ether oxygens (including phenoxy) is 1. The normalized spacial score (nSPS) is 15.7. The molecule has 0 saturated carbocycles. The summed E-state index contributed by atoms with van der Waals surface area (Å²) in [7, 11) is 1.60. The fourth-order valence-corrected chi connectivity index (χ4v) is 0.928. The molecule has 1 heterocycles. The van der Waals surface area contributed by atoms with Crippen molar-refractivity contribution in [2.24, 2.45) is 0 Å². The molecule has 1 unspecified atom stereocenters. The third-order valence-electron chi connectivity index (χ3n) is 2.20. The van der Waals surface area contributed by atoms with Crippen molar-refractivity contribution >= 4 is 0 Å². The first-order chi connectivity index (χ1) is 6.16. The van der Waals surface area contributed by atoms with Crippen LogP contribution in [0.25, 0.3) is 0 Å². The van der Waals surface area contributed by atoms with Crippen LogP contribution in [-0.2, 0) is 16.9 Å². The lowest BCUT2D eigenvalue weighted by Gasteiger charge is -2.21. The molecule has 13 heavy (non-hydrogen) atoms. The average molecular weight is 186 g/mol. The van der Waals surface area contributed by atoms with E-state index in [1.165, 1.54) is 0 Å². The van der Waals surface area contributed by atoms with E-state index >= 15 is 0 Å². The third kappa shape index (κ3) is 1.87. The van der Waals surface area contributed by atoms with Crippen LogP contribution in [0.3, 0.4) is 0 Å². The van der Waals surface area contributed by atoms with Crippen LogP contribution in [-0.4, -0.2) is 22.4 Å². The monoisotopic (exact) mass is 186 g/mol. The van der Waals surface area contributed by atoms with E-state index in [9.17, 15) is 0 Å². The standard InChI is InChI=1S/C8H14N2O3/c1-4-8(2,12-3)7-9-6(5-11)13-10-7/h11H,4-5H2,1-3H3. The first-order valence-corrected chi connectivity index (χ1v) is 4.15. The second-order valence-electron chi connectivity index (χ2n) is 2.96. The average Bonchev–Trinajstić information content (AvgIpc) is 2.65. The zero-order valence-electron chi connectivity index (χ0n) is 8.07. The van der Waals surface area contributed by atoms with Gasteiger partial charge in [-0.2, -0.15) is 4.98 Å². The predicted octanol–water partition coefficient (Wildman–Crippen LogP) is 0.833. The van der Waals surface area contributed by atoms with Crippen LogP contribution < -0.4 is 0 Å². The molecule has 1 aromatic rings. The van der Waals surface area contributed by atoms with Crippen LogP contribution in [0.1, 0.15) is 32.0 Å². The highest BCUT2D eigenvalue weighted by molar-refractivity contribution is 4.98. The molecule has 5 nitrogen and oxygen atoms in total. The molecule has 0 aliphatic rings. The van der Waals surface area contributed by atoms with E-state index in [2.05, 4.69) is 10.1 Å². The van der Waals surface area contributed by atoms with Crippen LogP contribution in [0.4, 0.5) is 0 Å². The van der Waals surface area contributed by atoms with Gasteiger partial charge < -0.3 is 14.4 Å². The van der Waals surface area contributed by atoms with Gasteiger partial charge in [0.05, 0.1) is 0 Å². The Morgan fingerprint density at radius 2 is 2.31 bits per heavy atom. The lowest BCUT2D eigenvalue weighted by molar-refractivity contribution is -0.0106. The highest BCUT2D eigenvalue weighted by Crippen LogP contribution is 2.25. The smallest absolute Gasteiger partial charge is 0.252 e. The molecule has 5 heteroatoms. The van der Waals surface area contributed by atoms with Crippen molar-refractivity contribution in [2.45, 2.75) is 32.5 Å². The summed E-state index contributed by atoms with van der Waals surface area (Å²) in [5, 5.41) is 12.5. The van der Waals surface area contributed by atoms with Gasteiger partial charge in [0, 0.05) is 7.11 Å². The minimum atomic E-state index is -0.531. The van der Waals surface area contributed by atoms with E-state index in [4.69, 9.17) is 14.4 Å². The molecule has 1 atom stereocenters. The van der Waals surface area contributed by atoms with E-state index in [-0.39, 0.29) is 12.5 Å². The maximum absolute atomic E-state index is 8.72. The van der Waals surface area contributed by atoms with Crippen molar-refractivity contribution in [2.75, 3.05) is 7.11 Å². The molecule has 74 valence electrons. The number of rotatable bonds is 4. The van der Waals surface area contributed by atoms with Gasteiger partial charge in [-0.3, -0.25) is 0 Å². The zero-order chi connectivity index (χ0) is 9.90. The van der Waals surface area contributed by atoms with Crippen LogP contribution in [0.2, 0.25) is 0 Å². The molecular weight excluding hydrogens is 172 g/mol. The largest absolute Gasteiger partial charge is 0.387 e. The Morgan fingerprint density at radius 1 is 1.62 bits per heavy atom. The number of aliphatic hydroxyl groups excluding tert-OH is 1. The fourth-order valence-electron chi connectivity index (χ4n) is 0.928. The van der Waals surface area contributed by atoms with E-state index in [0.29, 0.717) is 5.82 Å². The fraction of sp³-hybridized carbons (Fsp3) is 0.750. The molecule has 0 aromatic carbocycles. The Bertz CT molecular complexity index is 268. The minimum Gasteiger partial charge on any atom is -0.387 e. The summed E-state index contributed by atoms with van der Waals surface area (Å²) in [5.41, 5.74) is -0.531. The van der Waals surface area contributed by atoms with Crippen molar-refractivity contribution < 1.29 is 14.4 Å². The Morgan fingerprint density at radius 3 is 2.69 bits per heavy atom. The molecule has 0 radical (unpaired) electrons. The first kappa shape index (κ1) is 10.1. The molecular formula is C8H14N2O3. The van der Waals surface area contributed by atoms with Crippen molar-refractivity contribution in [1.82, 2.24) is 10.1 Å². The summed E-state index contributed by atoms with van der Waals surface area (Å²) in [5.74, 6) is 0.688. The van der Waals surface area contributed by atoms with Gasteiger partial charge in [-0.25, -0.2) is 0 Å². The lowest BCUT2D eigenvalue weighted by Crippen LogP contribution is -2.24. The number of hydrogen-bond donors (Lipinski definition) is 1. The van der Waals surface area contributed by atoms with Crippen LogP contribution in [0.15, 0.2) is 4.52 Å². The minimum absolute atomic E-state index is 0.215. The van der Waals surface area contributed by atoms with E-state index < -0.39 is 5.60 Å². The summed E-state index contributed by atoms with van der Waals surface area (Å²) in [6.45, 7) is 3.61. The van der Waals surface area contributed by atoms with E-state index in [1.807, 2.05) is 13.8 Å². The molecule has 0 fully saturated rings. The highest BCUT2D eigenvalue weighted by atomic mass is 16.5. The predicted molar refractivity (Wildman–Crippen MR) is 44.9 cm³/mol. The molecule has 0 bridgehead atoms. The van der Waals surface area contributed by atoms with Gasteiger partial charge in [0.15, 0.2) is 0 Å². The second kappa shape index (κ2) is 3.85. The summed E-state index contributed by atoms with van der Waals surface area (Å²) < 4.78 is 10.0. The summed E-state index contributed by atoms with van der Waals surface area (Å²) in [4.78, 5) is 3.99. The van der Waals surface area contributed by atoms with Crippen LogP contribution in [0, 0.1) is 0 Å². The van der Waals surface area contributed by atoms with Crippen molar-refractivity contribution in [3.05, 3.63) is 11.7 Å². The van der Waals surface area contributed by atoms with Gasteiger partial charge in [0.1, 0.15) is 12.2 Å². The second-order valence-corrected chi connectivity index (χ2v) is 2.96. The van der Waals surface area contributed by atoms with Gasteiger partial charge in [-0.05, 0) is 13.3 Å². The lowest BCUT2D eigenvalue weighted by atomic mass is 10.0. The molecule has 0 aliphatic carbocycles. The van der Waals surface area contributed by atoms with E-state index in [0.717, 1.165) is 6.42 Å². The van der Waals surface area contributed by atoms with Crippen LogP contribution >= 0.6 is 0 Å². The summed E-state index contributed by atoms with van der Waals surface area (Å²) >= 11 is 0. The van der Waals surface area contributed by atoms with Gasteiger partial charge in [-0.15, -0.1) is 0 Å². The van der Waals surface area contributed by atoms with Gasteiger partial charge in [0.2, 0.25) is 5.82 Å². The molecule has 0 saturated heterocycles. The maximum atomic E-state index is 8.72. The SMILES string of the molecule is CCC(C)(OC)c1noc(CO)n1. The Balaban J connectivity index is 2.91. The van der Waals surface area contributed by atoms with Gasteiger partial charge in [0.25, 0.3) is 5.89 Å². The van der Waals surface area contributed by atoms with Gasteiger partial charge in [-0.1, -0.05) is 12.1 Å². The Labute approximate surface area is 76.7 Å². The maximum Gasteiger partial charge on any atom is 0.252 e.